The minimum absolute atomic E-state index is 0.143. The van der Waals surface area contributed by atoms with Gasteiger partial charge in [0.15, 0.2) is 0 Å². The largest absolute Gasteiger partial charge is 0.424 e. The number of para-hydroxylation sites is 2. The number of fused-ring (bicyclic) bond motifs is 5. The monoisotopic (exact) mass is 504 g/mol. The second kappa shape index (κ2) is 8.26. The third-order valence-corrected chi connectivity index (χ3v) is 7.18. The molecule has 3 aromatic heterocycles. The molecule has 39 heavy (non-hydrogen) atoms. The predicted octanol–water partition coefficient (Wildman–Crippen LogP) is 7.27. The first kappa shape index (κ1) is 21.6. The summed E-state index contributed by atoms with van der Waals surface area (Å²) in [7, 11) is 0. The third kappa shape index (κ3) is 3.32. The molecule has 0 radical (unpaired) electrons. The lowest BCUT2D eigenvalue weighted by Crippen LogP contribution is -2.12. The van der Waals surface area contributed by atoms with Crippen LogP contribution < -0.4 is 5.56 Å². The Balaban J connectivity index is 1.33. The highest BCUT2D eigenvalue weighted by Crippen LogP contribution is 2.32. The summed E-state index contributed by atoms with van der Waals surface area (Å²) in [5.41, 5.74) is 7.78. The maximum atomic E-state index is 13.3. The molecule has 0 saturated carbocycles. The second-order valence-electron chi connectivity index (χ2n) is 9.51. The van der Waals surface area contributed by atoms with E-state index >= 15 is 0 Å². The zero-order valence-electron chi connectivity index (χ0n) is 20.7. The van der Waals surface area contributed by atoms with Gasteiger partial charge in [-0.15, -0.1) is 0 Å². The normalized spacial score (nSPS) is 11.7. The van der Waals surface area contributed by atoms with Crippen LogP contribution >= 0.6 is 0 Å². The Bertz CT molecular complexity index is 2240. The van der Waals surface area contributed by atoms with Crippen molar-refractivity contribution in [3.8, 4) is 28.2 Å². The van der Waals surface area contributed by atoms with Crippen LogP contribution in [0.2, 0.25) is 0 Å². The van der Waals surface area contributed by atoms with Gasteiger partial charge >= 0.3 is 5.84 Å². The minimum Gasteiger partial charge on any atom is -0.424 e. The highest BCUT2D eigenvalue weighted by Gasteiger charge is 2.17. The Labute approximate surface area is 222 Å². The van der Waals surface area contributed by atoms with Crippen molar-refractivity contribution in [3.63, 3.8) is 0 Å². The van der Waals surface area contributed by atoms with Gasteiger partial charge in [-0.3, -0.25) is 9.36 Å². The molecule has 0 bridgehead atoms. The highest BCUT2D eigenvalue weighted by molar-refractivity contribution is 5.91. The van der Waals surface area contributed by atoms with Crippen LogP contribution in [0.3, 0.4) is 0 Å². The number of aromatic nitrogens is 4. The fourth-order valence-electron chi connectivity index (χ4n) is 5.33. The van der Waals surface area contributed by atoms with Gasteiger partial charge in [-0.2, -0.15) is 4.98 Å². The first-order valence-electron chi connectivity index (χ1n) is 12.7. The number of rotatable bonds is 3. The molecule has 8 rings (SSSR count). The summed E-state index contributed by atoms with van der Waals surface area (Å²) in [6.45, 7) is 0. The molecule has 0 spiro atoms. The summed E-state index contributed by atoms with van der Waals surface area (Å²) >= 11 is 0. The Morgan fingerprint density at radius 3 is 2.15 bits per heavy atom. The van der Waals surface area contributed by atoms with Crippen LogP contribution in [0.15, 0.2) is 131 Å². The molecule has 184 valence electrons. The maximum absolute atomic E-state index is 13.3. The molecule has 0 fully saturated rings. The van der Waals surface area contributed by atoms with Crippen LogP contribution in [0.25, 0.3) is 67.1 Å². The van der Waals surface area contributed by atoms with E-state index in [4.69, 9.17) is 9.40 Å². The smallest absolute Gasteiger partial charge is 0.310 e. The molecule has 0 aliphatic rings. The third-order valence-electron chi connectivity index (χ3n) is 7.18. The first-order valence-corrected chi connectivity index (χ1v) is 12.7. The van der Waals surface area contributed by atoms with Gasteiger partial charge in [0.2, 0.25) is 0 Å². The van der Waals surface area contributed by atoms with E-state index in [1.807, 2.05) is 66.7 Å². The lowest BCUT2D eigenvalue weighted by molar-refractivity contribution is 0.616. The van der Waals surface area contributed by atoms with Gasteiger partial charge in [0.25, 0.3) is 5.56 Å². The van der Waals surface area contributed by atoms with E-state index < -0.39 is 0 Å². The molecule has 0 atom stereocenters. The molecule has 0 aliphatic heterocycles. The van der Waals surface area contributed by atoms with E-state index in [1.54, 1.807) is 16.5 Å². The van der Waals surface area contributed by atoms with Gasteiger partial charge in [-0.1, -0.05) is 72.8 Å². The predicted molar refractivity (Wildman–Crippen MR) is 154 cm³/mol. The van der Waals surface area contributed by atoms with Crippen LogP contribution in [0.4, 0.5) is 0 Å². The SMILES string of the molecule is O=c1c2ccccc2oc2nc3ccc(-c4ccc5c(c4)nc(-c4ccccc4)n5-c4ccccc4)cc3n12. The van der Waals surface area contributed by atoms with Crippen molar-refractivity contribution < 1.29 is 4.42 Å². The summed E-state index contributed by atoms with van der Waals surface area (Å²) in [5, 5.41) is 0.524. The molecule has 0 amide bonds. The number of nitrogens with zero attached hydrogens (tertiary/aromatic N) is 4. The van der Waals surface area contributed by atoms with Crippen molar-refractivity contribution in [1.82, 2.24) is 18.9 Å². The van der Waals surface area contributed by atoms with Crippen molar-refractivity contribution >= 4 is 38.9 Å². The Morgan fingerprint density at radius 1 is 0.590 bits per heavy atom. The number of hydrogen-bond donors (Lipinski definition) is 0. The van der Waals surface area contributed by atoms with Gasteiger partial charge in [-0.05, 0) is 59.7 Å². The van der Waals surface area contributed by atoms with Crippen molar-refractivity contribution in [2.75, 3.05) is 0 Å². The van der Waals surface area contributed by atoms with Crippen molar-refractivity contribution in [3.05, 3.63) is 132 Å². The molecule has 0 N–H and O–H groups in total. The molecular formula is C33H20N4O2. The average molecular weight is 505 g/mol. The molecular weight excluding hydrogens is 484 g/mol. The fraction of sp³-hybridized carbons (Fsp3) is 0. The zero-order chi connectivity index (χ0) is 25.9. The molecule has 8 aromatic rings. The van der Waals surface area contributed by atoms with E-state index in [1.165, 1.54) is 0 Å². The topological polar surface area (TPSA) is 65.3 Å². The lowest BCUT2D eigenvalue weighted by atomic mass is 10.0. The Hall–Kier alpha value is -5.49. The maximum Gasteiger partial charge on any atom is 0.310 e. The van der Waals surface area contributed by atoms with Crippen LogP contribution in [0, 0.1) is 0 Å². The molecule has 0 unspecified atom stereocenters. The van der Waals surface area contributed by atoms with E-state index in [0.717, 1.165) is 39.2 Å². The standard InChI is InChI=1S/C33H20N4O2/c38-32-25-13-7-8-14-30(25)39-33-35-26-17-15-23(20-29(26)37(32)33)22-16-18-28-27(19-22)34-31(21-9-3-1-4-10-21)36(28)24-11-5-2-6-12-24/h1-20H. The van der Waals surface area contributed by atoms with Crippen LogP contribution in [-0.2, 0) is 0 Å². The lowest BCUT2D eigenvalue weighted by Gasteiger charge is -2.09. The fourth-order valence-corrected chi connectivity index (χ4v) is 5.33. The first-order chi connectivity index (χ1) is 19.2. The number of benzene rings is 5. The number of hydrogen-bond acceptors (Lipinski definition) is 4. The molecule has 0 saturated heterocycles. The van der Waals surface area contributed by atoms with Gasteiger partial charge in [-0.25, -0.2) is 9.38 Å². The average Bonchev–Trinajstić information content (AvgIpc) is 3.56. The van der Waals surface area contributed by atoms with Crippen LogP contribution in [0.1, 0.15) is 0 Å². The molecule has 3 heterocycles. The quantitative estimate of drug-likeness (QED) is 0.254. The summed E-state index contributed by atoms with van der Waals surface area (Å²) in [4.78, 5) is 23.0. The van der Waals surface area contributed by atoms with Crippen LogP contribution in [-0.4, -0.2) is 18.9 Å². The summed E-state index contributed by atoms with van der Waals surface area (Å²) < 4.78 is 9.70. The molecule has 5 aromatic carbocycles. The highest BCUT2D eigenvalue weighted by atomic mass is 16.3. The van der Waals surface area contributed by atoms with E-state index in [2.05, 4.69) is 52.0 Å². The summed E-state index contributed by atoms with van der Waals surface area (Å²) in [6.07, 6.45) is 0. The van der Waals surface area contributed by atoms with Crippen molar-refractivity contribution in [1.29, 1.82) is 0 Å². The minimum atomic E-state index is -0.143. The van der Waals surface area contributed by atoms with Gasteiger partial charge < -0.3 is 4.42 Å². The molecule has 6 nitrogen and oxygen atoms in total. The molecule has 0 aliphatic carbocycles. The zero-order valence-corrected chi connectivity index (χ0v) is 20.7. The van der Waals surface area contributed by atoms with Gasteiger partial charge in [0.05, 0.1) is 27.5 Å². The Morgan fingerprint density at radius 2 is 1.31 bits per heavy atom. The van der Waals surface area contributed by atoms with Crippen molar-refractivity contribution in [2.45, 2.75) is 0 Å². The van der Waals surface area contributed by atoms with E-state index in [0.29, 0.717) is 22.0 Å². The van der Waals surface area contributed by atoms with E-state index in [9.17, 15) is 4.79 Å². The van der Waals surface area contributed by atoms with Gasteiger partial charge in [0, 0.05) is 11.3 Å². The van der Waals surface area contributed by atoms with Gasteiger partial charge in [0.1, 0.15) is 11.4 Å². The Kier molecular flexibility index (Phi) is 4.57. The second-order valence-corrected chi connectivity index (χ2v) is 9.51. The van der Waals surface area contributed by atoms with E-state index in [-0.39, 0.29) is 11.4 Å². The summed E-state index contributed by atoms with van der Waals surface area (Å²) in [6, 6.07) is 40.0. The van der Waals surface area contributed by atoms with Crippen LogP contribution in [0.5, 0.6) is 0 Å². The number of imidazole rings is 2. The summed E-state index contributed by atoms with van der Waals surface area (Å²) in [5.74, 6) is 1.17. The van der Waals surface area contributed by atoms with Crippen molar-refractivity contribution in [2.24, 2.45) is 0 Å². The molecule has 6 heteroatoms.